The minimum atomic E-state index is 0.197. The average molecular weight is 313 g/mol. The third-order valence-electron chi connectivity index (χ3n) is 5.15. The predicted octanol–water partition coefficient (Wildman–Crippen LogP) is 2.38. The molecule has 2 unspecified atom stereocenters. The molecule has 1 aromatic carbocycles. The highest BCUT2D eigenvalue weighted by Crippen LogP contribution is 2.30. The maximum Gasteiger partial charge on any atom is 0.242 e. The van der Waals surface area contributed by atoms with Crippen LogP contribution in [0, 0.1) is 0 Å². The van der Waals surface area contributed by atoms with Gasteiger partial charge in [0.15, 0.2) is 0 Å². The second kappa shape index (κ2) is 5.96. The molecule has 2 fully saturated rings. The first kappa shape index (κ1) is 14.7. The van der Waals surface area contributed by atoms with E-state index in [0.29, 0.717) is 19.7 Å². The number of fused-ring (bicyclic) bond motifs is 2. The largest absolute Gasteiger partial charge is 0.374 e. The van der Waals surface area contributed by atoms with E-state index in [0.717, 1.165) is 42.5 Å². The molecule has 4 rings (SSSR count). The quantitative estimate of drug-likeness (QED) is 0.874. The van der Waals surface area contributed by atoms with E-state index in [-0.39, 0.29) is 18.1 Å². The van der Waals surface area contributed by atoms with Crippen LogP contribution in [0.15, 0.2) is 24.3 Å². The lowest BCUT2D eigenvalue weighted by molar-refractivity contribution is -0.144. The molecule has 1 saturated carbocycles. The molecule has 5 nitrogen and oxygen atoms in total. The van der Waals surface area contributed by atoms with Gasteiger partial charge in [0, 0.05) is 13.0 Å². The number of carbonyl (C=O) groups excluding carboxylic acids is 1. The molecule has 0 bridgehead atoms. The summed E-state index contributed by atoms with van der Waals surface area (Å²) in [6.07, 6.45) is 4.40. The van der Waals surface area contributed by atoms with Gasteiger partial charge in [-0.25, -0.2) is 4.98 Å². The van der Waals surface area contributed by atoms with Crippen molar-refractivity contribution in [3.63, 3.8) is 0 Å². The number of aryl methyl sites for hydroxylation is 1. The smallest absolute Gasteiger partial charge is 0.242 e. The Morgan fingerprint density at radius 1 is 1.35 bits per heavy atom. The Bertz CT molecular complexity index is 724. The van der Waals surface area contributed by atoms with Crippen LogP contribution in [0.5, 0.6) is 0 Å². The number of aromatic nitrogens is 2. The summed E-state index contributed by atoms with van der Waals surface area (Å²) in [5, 5.41) is 0. The van der Waals surface area contributed by atoms with Gasteiger partial charge in [0.2, 0.25) is 5.91 Å². The monoisotopic (exact) mass is 313 g/mol. The highest BCUT2D eigenvalue weighted by molar-refractivity contribution is 5.81. The number of ether oxygens (including phenoxy) is 1. The molecule has 1 saturated heterocycles. The van der Waals surface area contributed by atoms with E-state index < -0.39 is 0 Å². The average Bonchev–Trinajstić information content (AvgIpc) is 3.19. The zero-order valence-corrected chi connectivity index (χ0v) is 13.6. The van der Waals surface area contributed by atoms with Gasteiger partial charge >= 0.3 is 0 Å². The number of nitrogens with zero attached hydrogens (tertiary/aromatic N) is 3. The van der Waals surface area contributed by atoms with Crippen LogP contribution in [0.1, 0.15) is 32.0 Å². The Kier molecular flexibility index (Phi) is 3.81. The summed E-state index contributed by atoms with van der Waals surface area (Å²) >= 11 is 0. The first-order valence-corrected chi connectivity index (χ1v) is 8.63. The second-order valence-electron chi connectivity index (χ2n) is 6.45. The molecule has 1 aromatic heterocycles. The molecule has 0 N–H and O–H groups in total. The standard InChI is InChI=1S/C18H23N3O2/c1-2-17-19-13-6-3-4-7-14(13)21(17)12-18(22)20-10-11-23-16-9-5-8-15(16)20/h3-4,6-7,15-16H,2,5,8-12H2,1H3. The van der Waals surface area contributed by atoms with Gasteiger partial charge in [-0.15, -0.1) is 0 Å². The van der Waals surface area contributed by atoms with Gasteiger partial charge in [0.1, 0.15) is 12.4 Å². The summed E-state index contributed by atoms with van der Waals surface area (Å²) in [4.78, 5) is 19.7. The van der Waals surface area contributed by atoms with E-state index in [1.54, 1.807) is 0 Å². The van der Waals surface area contributed by atoms with E-state index in [4.69, 9.17) is 4.74 Å². The number of hydrogen-bond acceptors (Lipinski definition) is 3. The van der Waals surface area contributed by atoms with Gasteiger partial charge in [-0.1, -0.05) is 19.1 Å². The third-order valence-corrected chi connectivity index (χ3v) is 5.15. The van der Waals surface area contributed by atoms with Gasteiger partial charge in [0.25, 0.3) is 0 Å². The number of hydrogen-bond donors (Lipinski definition) is 0. The molecule has 2 atom stereocenters. The highest BCUT2D eigenvalue weighted by atomic mass is 16.5. The van der Waals surface area contributed by atoms with E-state index in [2.05, 4.69) is 21.4 Å². The van der Waals surface area contributed by atoms with Crippen molar-refractivity contribution in [2.24, 2.45) is 0 Å². The lowest BCUT2D eigenvalue weighted by atomic mass is 10.1. The Hall–Kier alpha value is -1.88. The second-order valence-corrected chi connectivity index (χ2v) is 6.45. The fraction of sp³-hybridized carbons (Fsp3) is 0.556. The number of carbonyl (C=O) groups is 1. The topological polar surface area (TPSA) is 47.4 Å². The van der Waals surface area contributed by atoms with Crippen LogP contribution in [0.4, 0.5) is 0 Å². The third kappa shape index (κ3) is 2.53. The van der Waals surface area contributed by atoms with Crippen LogP contribution in [0.3, 0.4) is 0 Å². The molecule has 5 heteroatoms. The van der Waals surface area contributed by atoms with Crippen molar-refractivity contribution in [2.45, 2.75) is 51.3 Å². The van der Waals surface area contributed by atoms with Gasteiger partial charge in [-0.05, 0) is 31.4 Å². The predicted molar refractivity (Wildman–Crippen MR) is 88.2 cm³/mol. The van der Waals surface area contributed by atoms with Crippen LogP contribution in [-0.4, -0.2) is 45.7 Å². The maximum atomic E-state index is 12.9. The van der Waals surface area contributed by atoms with Crippen LogP contribution in [0.25, 0.3) is 11.0 Å². The van der Waals surface area contributed by atoms with E-state index in [1.165, 1.54) is 0 Å². The Morgan fingerprint density at radius 2 is 2.22 bits per heavy atom. The molecule has 2 aromatic rings. The number of rotatable bonds is 3. The van der Waals surface area contributed by atoms with Crippen molar-refractivity contribution >= 4 is 16.9 Å². The summed E-state index contributed by atoms with van der Waals surface area (Å²) in [7, 11) is 0. The zero-order valence-electron chi connectivity index (χ0n) is 13.6. The number of imidazole rings is 1. The van der Waals surface area contributed by atoms with Gasteiger partial charge in [-0.3, -0.25) is 4.79 Å². The molecule has 122 valence electrons. The summed E-state index contributed by atoms with van der Waals surface area (Å²) in [5.74, 6) is 1.18. The van der Waals surface area contributed by atoms with Gasteiger partial charge in [-0.2, -0.15) is 0 Å². The minimum Gasteiger partial charge on any atom is -0.374 e. The molecule has 1 aliphatic heterocycles. The van der Waals surface area contributed by atoms with Crippen molar-refractivity contribution in [1.82, 2.24) is 14.5 Å². The highest BCUT2D eigenvalue weighted by Gasteiger charge is 2.38. The Labute approximate surface area is 136 Å². The number of para-hydroxylation sites is 2. The van der Waals surface area contributed by atoms with Gasteiger partial charge in [0.05, 0.1) is 29.8 Å². The molecular formula is C18H23N3O2. The molecule has 1 amide bonds. The van der Waals surface area contributed by atoms with Gasteiger partial charge < -0.3 is 14.2 Å². The number of morpholine rings is 1. The fourth-order valence-corrected chi connectivity index (χ4v) is 4.03. The number of amides is 1. The molecule has 0 radical (unpaired) electrons. The fourth-order valence-electron chi connectivity index (χ4n) is 4.03. The van der Waals surface area contributed by atoms with Crippen LogP contribution in [0.2, 0.25) is 0 Å². The molecule has 2 heterocycles. The maximum absolute atomic E-state index is 12.9. The zero-order chi connectivity index (χ0) is 15.8. The lowest BCUT2D eigenvalue weighted by Crippen LogP contribution is -2.52. The lowest BCUT2D eigenvalue weighted by Gasteiger charge is -2.37. The Balaban J connectivity index is 1.61. The molecule has 23 heavy (non-hydrogen) atoms. The van der Waals surface area contributed by atoms with E-state index in [9.17, 15) is 4.79 Å². The van der Waals surface area contributed by atoms with Crippen molar-refractivity contribution < 1.29 is 9.53 Å². The number of benzene rings is 1. The van der Waals surface area contributed by atoms with Crippen molar-refractivity contribution in [1.29, 1.82) is 0 Å². The first-order valence-electron chi connectivity index (χ1n) is 8.63. The summed E-state index contributed by atoms with van der Waals surface area (Å²) in [5.41, 5.74) is 2.02. The summed E-state index contributed by atoms with van der Waals surface area (Å²) in [6, 6.07) is 8.33. The van der Waals surface area contributed by atoms with E-state index >= 15 is 0 Å². The summed E-state index contributed by atoms with van der Waals surface area (Å²) in [6.45, 7) is 3.85. The molecule has 0 spiro atoms. The Morgan fingerprint density at radius 3 is 3.09 bits per heavy atom. The molecular weight excluding hydrogens is 290 g/mol. The van der Waals surface area contributed by atoms with Crippen LogP contribution in [-0.2, 0) is 22.5 Å². The summed E-state index contributed by atoms with van der Waals surface area (Å²) < 4.78 is 7.90. The van der Waals surface area contributed by atoms with Crippen molar-refractivity contribution in [2.75, 3.05) is 13.2 Å². The minimum absolute atomic E-state index is 0.197. The first-order chi connectivity index (χ1) is 11.3. The van der Waals surface area contributed by atoms with E-state index in [1.807, 2.05) is 24.3 Å². The van der Waals surface area contributed by atoms with Crippen LogP contribution < -0.4 is 0 Å². The molecule has 1 aliphatic carbocycles. The van der Waals surface area contributed by atoms with Crippen LogP contribution >= 0.6 is 0 Å². The molecule has 2 aliphatic rings. The SMILES string of the molecule is CCc1nc2ccccc2n1CC(=O)N1CCOC2CCCC21. The van der Waals surface area contributed by atoms with Crippen molar-refractivity contribution in [3.05, 3.63) is 30.1 Å². The van der Waals surface area contributed by atoms with Crippen molar-refractivity contribution in [3.8, 4) is 0 Å². The normalized spacial score (nSPS) is 24.1.